The summed E-state index contributed by atoms with van der Waals surface area (Å²) in [4.78, 5) is 4.90. The molecule has 81 heavy (non-hydrogen) atoms. The zero-order chi connectivity index (χ0) is 58.4. The van der Waals surface area contributed by atoms with Crippen molar-refractivity contribution in [3.63, 3.8) is 0 Å². The van der Waals surface area contributed by atoms with Crippen molar-refractivity contribution in [1.82, 2.24) is 14.1 Å². The van der Waals surface area contributed by atoms with Crippen molar-refractivity contribution >= 4 is 54.8 Å². The second-order valence-electron chi connectivity index (χ2n) is 22.8. The molecule has 0 N–H and O–H groups in total. The van der Waals surface area contributed by atoms with Crippen LogP contribution in [0.4, 0.5) is 0 Å². The van der Waals surface area contributed by atoms with E-state index in [1.807, 2.05) is 79.0 Å². The Morgan fingerprint density at radius 2 is 1.25 bits per heavy atom. The number of ether oxygens (including phenoxy) is 1. The third-order valence-corrected chi connectivity index (χ3v) is 15.8. The largest absolute Gasteiger partial charge is 0.510 e. The van der Waals surface area contributed by atoms with Crippen LogP contribution in [0.1, 0.15) is 59.5 Å². The van der Waals surface area contributed by atoms with Gasteiger partial charge in [-0.05, 0) is 131 Å². The van der Waals surface area contributed by atoms with E-state index in [0.717, 1.165) is 116 Å². The number of nitrogens with zero attached hydrogens (tertiary/aromatic N) is 4. The molecule has 0 atom stereocenters. The molecule has 15 rings (SSSR count). The van der Waals surface area contributed by atoms with Gasteiger partial charge in [0.2, 0.25) is 0 Å². The summed E-state index contributed by atoms with van der Waals surface area (Å²) in [6.07, 6.45) is 5.82. The molecule has 0 unspecified atom stereocenters. The number of hydrogen-bond donors (Lipinski definition) is 0. The Balaban J connectivity index is 0.00000653. The maximum absolute atomic E-state index is 9.36. The van der Waals surface area contributed by atoms with E-state index < -0.39 is 23.5 Å². The zero-order valence-corrected chi connectivity index (χ0v) is 47.6. The van der Waals surface area contributed by atoms with Gasteiger partial charge in [-0.2, -0.15) is 18.2 Å². The van der Waals surface area contributed by atoms with E-state index in [1.165, 1.54) is 5.56 Å². The third kappa shape index (κ3) is 8.26. The zero-order valence-electron chi connectivity index (χ0n) is 50.3. The van der Waals surface area contributed by atoms with Crippen LogP contribution in [-0.4, -0.2) is 14.1 Å². The smallest absolute Gasteiger partial charge is 0.268 e. The minimum atomic E-state index is -0.441. The van der Waals surface area contributed by atoms with Crippen molar-refractivity contribution in [3.05, 3.63) is 248 Å². The van der Waals surface area contributed by atoms with Crippen molar-refractivity contribution in [1.29, 1.82) is 0 Å². The van der Waals surface area contributed by atoms with E-state index in [2.05, 4.69) is 183 Å². The minimum Gasteiger partial charge on any atom is -0.510 e. The van der Waals surface area contributed by atoms with Gasteiger partial charge >= 0.3 is 0 Å². The van der Waals surface area contributed by atoms with Crippen molar-refractivity contribution < 1.29 is 41.6 Å². The molecule has 0 radical (unpaired) electrons. The molecule has 0 amide bonds. The second kappa shape index (κ2) is 19.0. The molecule has 5 heterocycles. The van der Waals surface area contributed by atoms with Crippen LogP contribution in [0.5, 0.6) is 11.5 Å². The number of hydrogen-bond acceptors (Lipinski definition) is 3. The van der Waals surface area contributed by atoms with Crippen molar-refractivity contribution in [2.24, 2.45) is 0 Å². The van der Waals surface area contributed by atoms with Crippen LogP contribution in [0.25, 0.3) is 128 Å². The third-order valence-electron chi connectivity index (χ3n) is 15.8. The molecule has 0 fully saturated rings. The average molecular weight is 1230 g/mol. The summed E-state index contributed by atoms with van der Waals surface area (Å²) in [5.74, 6) is 1.80. The molecule has 10 aromatic carbocycles. The molecule has 7 heteroatoms. The number of benzene rings is 10. The average Bonchev–Trinajstić information content (AvgIpc) is 3.49. The summed E-state index contributed by atoms with van der Waals surface area (Å²) in [7, 11) is 0. The van der Waals surface area contributed by atoms with Gasteiger partial charge in [-0.1, -0.05) is 186 Å². The van der Waals surface area contributed by atoms with Gasteiger partial charge in [0.15, 0.2) is 0 Å². The van der Waals surface area contributed by atoms with Crippen LogP contribution in [0.2, 0.25) is 0 Å². The Kier molecular flexibility index (Phi) is 10.5. The maximum Gasteiger partial charge on any atom is 0.268 e. The molecule has 1 aliphatic heterocycles. The van der Waals surface area contributed by atoms with Crippen LogP contribution in [0, 0.1) is 18.5 Å². The molecule has 6 nitrogen and oxygen atoms in total. The van der Waals surface area contributed by atoms with Gasteiger partial charge in [-0.15, -0.1) is 29.7 Å². The molecule has 0 aliphatic carbocycles. The fraction of sp³-hybridized carbons (Fsp3) is 0.108. The SMILES string of the molecule is [2H]c1c([2H])c([2H])c(-c2cccc3c2-c2ccccc2-c2cc(-c4ccc5oc6ccccc6c5c4)cc4c2[n+]([c-]n4-c2[c-]c(Oc4[c-]c5c(cc4)c4ccccc4n5-c4cc(C(C)(C)C)ccn4)ccc2)-c2c-3cccc2C(C)(C)C)c([2H])c1[2H].[Pt]. The number of para-hydroxylation sites is 3. The van der Waals surface area contributed by atoms with Gasteiger partial charge in [-0.25, -0.2) is 4.98 Å². The van der Waals surface area contributed by atoms with Crippen molar-refractivity contribution in [3.8, 4) is 84.3 Å². The first-order chi connectivity index (χ1) is 41.0. The fourth-order valence-corrected chi connectivity index (χ4v) is 12.0. The molecule has 0 saturated carbocycles. The monoisotopic (exact) mass is 1230 g/mol. The molecule has 1 aliphatic rings. The first-order valence-electron chi connectivity index (χ1n) is 29.5. The van der Waals surface area contributed by atoms with Gasteiger partial charge in [0.1, 0.15) is 17.0 Å². The molecule has 0 bridgehead atoms. The number of aromatic nitrogens is 4. The molecule has 394 valence electrons. The van der Waals surface area contributed by atoms with Crippen LogP contribution in [0.15, 0.2) is 223 Å². The van der Waals surface area contributed by atoms with E-state index in [4.69, 9.17) is 18.3 Å². The van der Waals surface area contributed by atoms with Crippen molar-refractivity contribution in [2.45, 2.75) is 52.4 Å². The van der Waals surface area contributed by atoms with Gasteiger partial charge in [0.05, 0.1) is 23.6 Å². The molecule has 4 aromatic heterocycles. The molecular weight excluding hydrogens is 1170 g/mol. The Hall–Kier alpha value is -9.09. The fourth-order valence-electron chi connectivity index (χ4n) is 12.0. The summed E-state index contributed by atoms with van der Waals surface area (Å²) in [5, 5.41) is 4.14. The summed E-state index contributed by atoms with van der Waals surface area (Å²) < 4.78 is 64.7. The van der Waals surface area contributed by atoms with Crippen LogP contribution in [0.3, 0.4) is 0 Å². The normalized spacial score (nSPS) is 13.1. The maximum atomic E-state index is 9.36. The number of rotatable bonds is 6. The van der Waals surface area contributed by atoms with Crippen LogP contribution in [-0.2, 0) is 31.9 Å². The van der Waals surface area contributed by atoms with E-state index in [-0.39, 0.29) is 44.1 Å². The summed E-state index contributed by atoms with van der Waals surface area (Å²) in [5.41, 5.74) is 16.1. The number of pyridine rings is 1. The molecule has 0 saturated heterocycles. The van der Waals surface area contributed by atoms with E-state index in [9.17, 15) is 2.74 Å². The Morgan fingerprint density at radius 3 is 2.09 bits per heavy atom. The van der Waals surface area contributed by atoms with Crippen LogP contribution >= 0.6 is 0 Å². The summed E-state index contributed by atoms with van der Waals surface area (Å²) >= 11 is 0. The van der Waals surface area contributed by atoms with Crippen molar-refractivity contribution in [2.75, 3.05) is 0 Å². The number of fused-ring (bicyclic) bond motifs is 13. The topological polar surface area (TPSA) is 49.0 Å². The van der Waals surface area contributed by atoms with Gasteiger partial charge in [0.25, 0.3) is 6.33 Å². The quantitative estimate of drug-likeness (QED) is 0.123. The Bertz CT molecular complexity index is 5130. The predicted molar refractivity (Wildman–Crippen MR) is 325 cm³/mol. The Labute approximate surface area is 492 Å². The standard InChI is InChI=1S/C74H54N4O2.Pt/c1-73(2,3)49-37-38-75-69(42-49)78-64-31-14-12-24-55(64)56-35-34-52(44-65(56)78)79-51-22-16-21-50(43-51)76-45-77-71-60(29-18-30-63(71)74(4,5)6)59-28-17-27-53(46-19-8-7-9-20-46)70(59)58-26-11-10-23-54(58)62-40-48(41-66(76)72(62)77)47-33-36-68-61(39-47)57-25-13-15-32-67(57)80-68;/h7-42H,1-6H3;/q-2;/i7D,8D,9D,19D,20D;. The molecule has 14 aromatic rings. The number of furan rings is 1. The van der Waals surface area contributed by atoms with E-state index in [1.54, 1.807) is 0 Å². The minimum absolute atomic E-state index is 0. The summed E-state index contributed by atoms with van der Waals surface area (Å²) in [6.45, 7) is 13.3. The molecule has 0 spiro atoms. The first kappa shape index (κ1) is 44.7. The van der Waals surface area contributed by atoms with Gasteiger partial charge in [0, 0.05) is 55.1 Å². The second-order valence-corrected chi connectivity index (χ2v) is 22.8. The first-order valence-corrected chi connectivity index (χ1v) is 27.0. The van der Waals surface area contributed by atoms with E-state index >= 15 is 0 Å². The molecular formula is C74H54N4O2Pt-2. The van der Waals surface area contributed by atoms with E-state index in [0.29, 0.717) is 22.7 Å². The van der Waals surface area contributed by atoms with Gasteiger partial charge < -0.3 is 18.3 Å². The van der Waals surface area contributed by atoms with Crippen LogP contribution < -0.4 is 9.30 Å². The number of imidazole rings is 1. The Morgan fingerprint density at radius 1 is 0.531 bits per heavy atom. The summed E-state index contributed by atoms with van der Waals surface area (Å²) in [6, 6.07) is 67.6. The van der Waals surface area contributed by atoms with Gasteiger partial charge in [-0.3, -0.25) is 4.57 Å². The predicted octanol–water partition coefficient (Wildman–Crippen LogP) is 18.7.